The topological polar surface area (TPSA) is 150 Å². The minimum absolute atomic E-state index is 0. The van der Waals surface area contributed by atoms with Crippen LogP contribution in [0.2, 0.25) is 10.0 Å². The average Bonchev–Trinajstić information content (AvgIpc) is 3.31. The highest BCUT2D eigenvalue weighted by atomic mass is 35.5. The van der Waals surface area contributed by atoms with Crippen molar-refractivity contribution in [3.05, 3.63) is 75.4 Å². The number of nitrogens with zero attached hydrogens (tertiary/aromatic N) is 6. The highest BCUT2D eigenvalue weighted by molar-refractivity contribution is 6.36. The Morgan fingerprint density at radius 1 is 1.09 bits per heavy atom. The fraction of sp³-hybridized carbons (Fsp3) is 0.100. The van der Waals surface area contributed by atoms with E-state index in [9.17, 15) is 10.1 Å². The smallest absolute Gasteiger partial charge is 0.311 e. The molecule has 0 saturated carbocycles. The SMILES string of the molecule is Cl.Cl.Nc1nc(NCCNc2ncc(-n3ccnc3)c(-c3ccc(Cl)cc3Cl)n2)ccc1[N+](=O)[O-]. The number of anilines is 3. The summed E-state index contributed by atoms with van der Waals surface area (Å²) in [6.45, 7) is 0.880. The standard InChI is InChI=1S/C20H17Cl2N9O2.2ClH/c21-12-1-2-13(14(22)9-12)18-16(30-8-7-24-11-30)10-27-20(29-18)26-6-5-25-17-4-3-15(31(32)33)19(23)28-17;;/h1-4,7-11H,5-6H2,(H3,23,25,28)(H,26,27,29);2*1H. The maximum atomic E-state index is 10.8. The van der Waals surface area contributed by atoms with E-state index in [2.05, 4.69) is 30.6 Å². The Hall–Kier alpha value is -3.38. The number of nitro groups is 1. The molecule has 3 heterocycles. The van der Waals surface area contributed by atoms with Crippen LogP contribution in [0, 0.1) is 10.1 Å². The van der Waals surface area contributed by atoms with Gasteiger partial charge < -0.3 is 20.9 Å². The predicted molar refractivity (Wildman–Crippen MR) is 141 cm³/mol. The van der Waals surface area contributed by atoms with E-state index >= 15 is 0 Å². The summed E-state index contributed by atoms with van der Waals surface area (Å²) in [6, 6.07) is 7.98. The second-order valence-electron chi connectivity index (χ2n) is 6.73. The number of nitrogens with one attached hydrogen (secondary N) is 2. The van der Waals surface area contributed by atoms with Gasteiger partial charge in [-0.05, 0) is 24.3 Å². The lowest BCUT2D eigenvalue weighted by atomic mass is 10.1. The minimum Gasteiger partial charge on any atom is -0.378 e. The van der Waals surface area contributed by atoms with Crippen LogP contribution in [0.4, 0.5) is 23.3 Å². The third-order valence-electron chi connectivity index (χ3n) is 4.55. The van der Waals surface area contributed by atoms with E-state index in [4.69, 9.17) is 28.9 Å². The fourth-order valence-corrected chi connectivity index (χ4v) is 3.51. The first kappa shape index (κ1) is 27.9. The lowest BCUT2D eigenvalue weighted by molar-refractivity contribution is -0.384. The van der Waals surface area contributed by atoms with E-state index in [0.717, 1.165) is 0 Å². The fourth-order valence-electron chi connectivity index (χ4n) is 3.02. The Morgan fingerprint density at radius 3 is 2.51 bits per heavy atom. The number of nitrogen functional groups attached to an aromatic ring is 1. The summed E-state index contributed by atoms with van der Waals surface area (Å²) >= 11 is 12.5. The monoisotopic (exact) mass is 557 g/mol. The number of imidazole rings is 1. The van der Waals surface area contributed by atoms with Gasteiger partial charge in [0.05, 0.1) is 28.2 Å². The molecule has 0 radical (unpaired) electrons. The van der Waals surface area contributed by atoms with Crippen molar-refractivity contribution < 1.29 is 4.92 Å². The van der Waals surface area contributed by atoms with Crippen molar-refractivity contribution in [3.63, 3.8) is 0 Å². The molecule has 4 N–H and O–H groups in total. The molecule has 0 aliphatic rings. The Labute approximate surface area is 222 Å². The van der Waals surface area contributed by atoms with E-state index in [1.54, 1.807) is 47.7 Å². The van der Waals surface area contributed by atoms with E-state index in [0.29, 0.717) is 51.8 Å². The van der Waals surface area contributed by atoms with Gasteiger partial charge in [-0.25, -0.2) is 19.9 Å². The molecule has 35 heavy (non-hydrogen) atoms. The molecule has 1 aromatic carbocycles. The average molecular weight is 559 g/mol. The maximum absolute atomic E-state index is 10.8. The lowest BCUT2D eigenvalue weighted by Gasteiger charge is -2.13. The van der Waals surface area contributed by atoms with Crippen LogP contribution in [0.1, 0.15) is 0 Å². The van der Waals surface area contributed by atoms with E-state index < -0.39 is 4.92 Å². The lowest BCUT2D eigenvalue weighted by Crippen LogP contribution is -2.16. The largest absolute Gasteiger partial charge is 0.378 e. The highest BCUT2D eigenvalue weighted by Gasteiger charge is 2.15. The van der Waals surface area contributed by atoms with Crippen molar-refractivity contribution in [1.29, 1.82) is 0 Å². The Bertz CT molecular complexity index is 1310. The van der Waals surface area contributed by atoms with Gasteiger partial charge in [-0.2, -0.15) is 0 Å². The molecule has 0 aliphatic carbocycles. The number of hydrogen-bond donors (Lipinski definition) is 3. The number of nitrogens with two attached hydrogens (primary N) is 1. The zero-order valence-electron chi connectivity index (χ0n) is 17.8. The summed E-state index contributed by atoms with van der Waals surface area (Å²) in [7, 11) is 0. The van der Waals surface area contributed by atoms with Crippen LogP contribution in [-0.2, 0) is 0 Å². The summed E-state index contributed by atoms with van der Waals surface area (Å²) in [5.74, 6) is 0.656. The summed E-state index contributed by atoms with van der Waals surface area (Å²) in [4.78, 5) is 27.3. The number of pyridine rings is 1. The van der Waals surface area contributed by atoms with Crippen LogP contribution in [0.5, 0.6) is 0 Å². The van der Waals surface area contributed by atoms with Gasteiger partial charge in [-0.15, -0.1) is 24.8 Å². The van der Waals surface area contributed by atoms with Crippen LogP contribution in [0.3, 0.4) is 0 Å². The summed E-state index contributed by atoms with van der Waals surface area (Å²) in [5, 5.41) is 18.0. The molecule has 4 rings (SSSR count). The molecule has 0 amide bonds. The van der Waals surface area contributed by atoms with Gasteiger partial charge in [0.25, 0.3) is 0 Å². The first-order chi connectivity index (χ1) is 15.9. The molecule has 0 spiro atoms. The molecule has 15 heteroatoms. The van der Waals surface area contributed by atoms with Crippen molar-refractivity contribution in [2.45, 2.75) is 0 Å². The molecule has 0 aliphatic heterocycles. The van der Waals surface area contributed by atoms with Crippen LogP contribution in [0.15, 0.2) is 55.2 Å². The number of aromatic nitrogens is 5. The van der Waals surface area contributed by atoms with Gasteiger partial charge in [-0.1, -0.05) is 23.2 Å². The van der Waals surface area contributed by atoms with Crippen LogP contribution in [0.25, 0.3) is 16.9 Å². The van der Waals surface area contributed by atoms with Gasteiger partial charge >= 0.3 is 5.69 Å². The van der Waals surface area contributed by atoms with Crippen molar-refractivity contribution in [1.82, 2.24) is 24.5 Å². The van der Waals surface area contributed by atoms with Gasteiger partial charge in [0.1, 0.15) is 11.5 Å². The van der Waals surface area contributed by atoms with E-state index in [1.807, 2.05) is 0 Å². The normalized spacial score (nSPS) is 10.1. The highest BCUT2D eigenvalue weighted by Crippen LogP contribution is 2.33. The second kappa shape index (κ2) is 12.4. The number of benzene rings is 1. The predicted octanol–water partition coefficient (Wildman–Crippen LogP) is 4.89. The molecular formula is C20H19Cl4N9O2. The molecule has 0 fully saturated rings. The van der Waals surface area contributed by atoms with E-state index in [-0.39, 0.29) is 36.3 Å². The summed E-state index contributed by atoms with van der Waals surface area (Å²) in [5.41, 5.74) is 7.37. The molecule has 0 saturated heterocycles. The Kier molecular flexibility index (Phi) is 9.84. The first-order valence-corrected chi connectivity index (χ1v) is 10.4. The maximum Gasteiger partial charge on any atom is 0.311 e. The van der Waals surface area contributed by atoms with Crippen molar-refractivity contribution in [2.75, 3.05) is 29.5 Å². The quantitative estimate of drug-likeness (QED) is 0.156. The van der Waals surface area contributed by atoms with Gasteiger partial charge in [0.15, 0.2) is 0 Å². The van der Waals surface area contributed by atoms with Crippen LogP contribution in [-0.4, -0.2) is 42.5 Å². The molecular weight excluding hydrogens is 540 g/mol. The third kappa shape index (κ3) is 6.61. The molecule has 0 atom stereocenters. The first-order valence-electron chi connectivity index (χ1n) is 9.62. The summed E-state index contributed by atoms with van der Waals surface area (Å²) in [6.07, 6.45) is 6.76. The second-order valence-corrected chi connectivity index (χ2v) is 7.58. The zero-order chi connectivity index (χ0) is 23.4. The third-order valence-corrected chi connectivity index (χ3v) is 5.10. The summed E-state index contributed by atoms with van der Waals surface area (Å²) < 4.78 is 1.79. The van der Waals surface area contributed by atoms with E-state index in [1.165, 1.54) is 12.1 Å². The van der Waals surface area contributed by atoms with Crippen molar-refractivity contribution >= 4 is 71.3 Å². The number of hydrogen-bond acceptors (Lipinski definition) is 9. The molecule has 11 nitrogen and oxygen atoms in total. The Morgan fingerprint density at radius 2 is 1.86 bits per heavy atom. The van der Waals surface area contributed by atoms with Crippen molar-refractivity contribution in [2.24, 2.45) is 0 Å². The van der Waals surface area contributed by atoms with Crippen molar-refractivity contribution in [3.8, 4) is 16.9 Å². The molecule has 0 bridgehead atoms. The zero-order valence-corrected chi connectivity index (χ0v) is 20.9. The van der Waals surface area contributed by atoms with Crippen LogP contribution < -0.4 is 16.4 Å². The van der Waals surface area contributed by atoms with Gasteiger partial charge in [0, 0.05) is 42.1 Å². The van der Waals surface area contributed by atoms with Gasteiger partial charge in [0.2, 0.25) is 11.8 Å². The molecule has 184 valence electrons. The Balaban J connectivity index is 0.00000216. The minimum atomic E-state index is -0.580. The molecule has 4 aromatic rings. The molecule has 0 unspecified atom stereocenters. The number of halogens is 4. The number of rotatable bonds is 8. The van der Waals surface area contributed by atoms with Crippen LogP contribution >= 0.6 is 48.0 Å². The molecule has 3 aromatic heterocycles. The van der Waals surface area contributed by atoms with Gasteiger partial charge in [-0.3, -0.25) is 10.1 Å².